The van der Waals surface area contributed by atoms with Crippen molar-refractivity contribution in [2.45, 2.75) is 19.5 Å². The Balaban J connectivity index is 2.49. The molecule has 6 heteroatoms. The maximum absolute atomic E-state index is 11.1. The zero-order valence-corrected chi connectivity index (χ0v) is 11.3. The number of halogens is 1. The molecule has 0 aromatic carbocycles. The highest BCUT2D eigenvalue weighted by Crippen LogP contribution is 2.12. The number of rotatable bonds is 5. The van der Waals surface area contributed by atoms with Crippen molar-refractivity contribution in [1.29, 1.82) is 0 Å². The van der Waals surface area contributed by atoms with Gasteiger partial charge in [0.05, 0.1) is 10.8 Å². The predicted molar refractivity (Wildman–Crippen MR) is 66.4 cm³/mol. The summed E-state index contributed by atoms with van der Waals surface area (Å²) in [6, 6.07) is 1.80. The van der Waals surface area contributed by atoms with Crippen LogP contribution >= 0.6 is 11.6 Å². The molecule has 0 spiro atoms. The minimum Gasteiger partial charge on any atom is -0.352 e. The van der Waals surface area contributed by atoms with Crippen LogP contribution in [0, 0.1) is 0 Å². The molecule has 1 aromatic rings. The van der Waals surface area contributed by atoms with E-state index in [1.807, 2.05) is 30.8 Å². The van der Waals surface area contributed by atoms with E-state index in [1.165, 1.54) is 6.26 Å². The number of hydrogen-bond donors (Lipinski definition) is 1. The lowest BCUT2D eigenvalue weighted by Crippen LogP contribution is -2.32. The number of hydrogen-bond acceptors (Lipinski definition) is 3. The SMILES string of the molecule is CC(CS(C)(=O)=O)NCc1cc(Cl)cn1C. The lowest BCUT2D eigenvalue weighted by Gasteiger charge is -2.12. The molecule has 4 nitrogen and oxygen atoms in total. The fraction of sp³-hybridized carbons (Fsp3) is 0.600. The van der Waals surface area contributed by atoms with Crippen molar-refractivity contribution in [2.75, 3.05) is 12.0 Å². The first-order valence-electron chi connectivity index (χ1n) is 5.00. The molecule has 0 aliphatic carbocycles. The Labute approximate surface area is 102 Å². The molecule has 0 saturated heterocycles. The van der Waals surface area contributed by atoms with Crippen molar-refractivity contribution in [2.24, 2.45) is 7.05 Å². The van der Waals surface area contributed by atoms with Crippen molar-refractivity contribution in [3.8, 4) is 0 Å². The summed E-state index contributed by atoms with van der Waals surface area (Å²) in [7, 11) is -1.02. The Hall–Kier alpha value is -0.520. The van der Waals surface area contributed by atoms with Crippen molar-refractivity contribution in [3.63, 3.8) is 0 Å². The zero-order chi connectivity index (χ0) is 12.3. The standard InChI is InChI=1S/C10H17ClN2O2S/c1-8(7-16(3,14)15)12-5-10-4-9(11)6-13(10)2/h4,6,8,12H,5,7H2,1-3H3. The molecule has 16 heavy (non-hydrogen) atoms. The average Bonchev–Trinajstić information content (AvgIpc) is 2.38. The van der Waals surface area contributed by atoms with Gasteiger partial charge < -0.3 is 9.88 Å². The highest BCUT2D eigenvalue weighted by atomic mass is 35.5. The van der Waals surface area contributed by atoms with Crippen LogP contribution in [0.2, 0.25) is 5.02 Å². The summed E-state index contributed by atoms with van der Waals surface area (Å²) in [5.74, 6) is 0.144. The van der Waals surface area contributed by atoms with Crippen LogP contribution in [-0.4, -0.2) is 31.0 Å². The molecule has 0 fully saturated rings. The molecule has 0 saturated carbocycles. The van der Waals surface area contributed by atoms with Gasteiger partial charge in [0.2, 0.25) is 0 Å². The topological polar surface area (TPSA) is 51.1 Å². The summed E-state index contributed by atoms with van der Waals surface area (Å²) in [5.41, 5.74) is 1.03. The van der Waals surface area contributed by atoms with E-state index in [1.54, 1.807) is 0 Å². The van der Waals surface area contributed by atoms with Crippen molar-refractivity contribution < 1.29 is 8.42 Å². The van der Waals surface area contributed by atoms with Crippen molar-refractivity contribution >= 4 is 21.4 Å². The predicted octanol–water partition coefficient (Wildman–Crippen LogP) is 1.20. The van der Waals surface area contributed by atoms with Gasteiger partial charge in [-0.25, -0.2) is 8.42 Å². The monoisotopic (exact) mass is 264 g/mol. The summed E-state index contributed by atoms with van der Waals surface area (Å²) in [6.45, 7) is 2.46. The van der Waals surface area contributed by atoms with Gasteiger partial charge in [-0.05, 0) is 13.0 Å². The van der Waals surface area contributed by atoms with E-state index >= 15 is 0 Å². The largest absolute Gasteiger partial charge is 0.352 e. The maximum Gasteiger partial charge on any atom is 0.148 e. The Morgan fingerprint density at radius 2 is 2.19 bits per heavy atom. The summed E-state index contributed by atoms with van der Waals surface area (Å²) in [5, 5.41) is 3.84. The third kappa shape index (κ3) is 4.55. The van der Waals surface area contributed by atoms with Gasteiger partial charge in [0.25, 0.3) is 0 Å². The van der Waals surface area contributed by atoms with E-state index < -0.39 is 9.84 Å². The van der Waals surface area contributed by atoms with Crippen LogP contribution in [0.25, 0.3) is 0 Å². The number of aromatic nitrogens is 1. The molecule has 1 heterocycles. The van der Waals surface area contributed by atoms with E-state index in [0.717, 1.165) is 5.69 Å². The first kappa shape index (κ1) is 13.5. The van der Waals surface area contributed by atoms with Crippen LogP contribution < -0.4 is 5.32 Å². The second-order valence-electron chi connectivity index (χ2n) is 4.13. The van der Waals surface area contributed by atoms with E-state index in [0.29, 0.717) is 11.6 Å². The lowest BCUT2D eigenvalue weighted by atomic mass is 10.3. The van der Waals surface area contributed by atoms with E-state index in [9.17, 15) is 8.42 Å². The summed E-state index contributed by atoms with van der Waals surface area (Å²) in [4.78, 5) is 0. The first-order valence-corrected chi connectivity index (χ1v) is 7.43. The van der Waals surface area contributed by atoms with Gasteiger partial charge in [0, 0.05) is 37.8 Å². The fourth-order valence-electron chi connectivity index (χ4n) is 1.53. The number of sulfone groups is 1. The van der Waals surface area contributed by atoms with Crippen LogP contribution in [-0.2, 0) is 23.4 Å². The molecule has 0 radical (unpaired) electrons. The molecule has 1 unspecified atom stereocenters. The first-order chi connectivity index (χ1) is 7.28. The number of aryl methyl sites for hydroxylation is 1. The minimum absolute atomic E-state index is 0.0660. The molecule has 0 aliphatic rings. The molecule has 1 rings (SSSR count). The van der Waals surface area contributed by atoms with Gasteiger partial charge in [-0.1, -0.05) is 11.6 Å². The van der Waals surface area contributed by atoms with E-state index in [4.69, 9.17) is 11.6 Å². The third-order valence-electron chi connectivity index (χ3n) is 2.26. The van der Waals surface area contributed by atoms with Gasteiger partial charge in [-0.15, -0.1) is 0 Å². The lowest BCUT2D eigenvalue weighted by molar-refractivity contribution is 0.551. The van der Waals surface area contributed by atoms with Crippen LogP contribution in [0.4, 0.5) is 0 Å². The zero-order valence-electron chi connectivity index (χ0n) is 9.70. The summed E-state index contributed by atoms with van der Waals surface area (Å²) < 4.78 is 24.0. The normalized spacial score (nSPS) is 14.0. The Morgan fingerprint density at radius 1 is 1.56 bits per heavy atom. The smallest absolute Gasteiger partial charge is 0.148 e. The molecular formula is C10H17ClN2O2S. The Kier molecular flexibility index (Phi) is 4.41. The average molecular weight is 265 g/mol. The van der Waals surface area contributed by atoms with Crippen molar-refractivity contribution in [1.82, 2.24) is 9.88 Å². The maximum atomic E-state index is 11.1. The Bertz CT molecular complexity index is 453. The molecule has 0 bridgehead atoms. The van der Waals surface area contributed by atoms with Crippen LogP contribution in [0.1, 0.15) is 12.6 Å². The second-order valence-corrected chi connectivity index (χ2v) is 6.76. The van der Waals surface area contributed by atoms with Gasteiger partial charge in [0.1, 0.15) is 9.84 Å². The van der Waals surface area contributed by atoms with E-state index in [-0.39, 0.29) is 11.8 Å². The summed E-state index contributed by atoms with van der Waals surface area (Å²) >= 11 is 5.84. The van der Waals surface area contributed by atoms with Crippen LogP contribution in [0.15, 0.2) is 12.3 Å². The molecule has 1 atom stereocenters. The molecule has 1 aromatic heterocycles. The highest BCUT2D eigenvalue weighted by Gasteiger charge is 2.10. The molecule has 0 amide bonds. The highest BCUT2D eigenvalue weighted by molar-refractivity contribution is 7.90. The summed E-state index contributed by atoms with van der Waals surface area (Å²) in [6.07, 6.45) is 3.06. The second kappa shape index (κ2) is 5.21. The molecule has 1 N–H and O–H groups in total. The van der Waals surface area contributed by atoms with Crippen LogP contribution in [0.5, 0.6) is 0 Å². The quantitative estimate of drug-likeness (QED) is 0.870. The number of nitrogens with zero attached hydrogens (tertiary/aromatic N) is 1. The van der Waals surface area contributed by atoms with Gasteiger partial charge in [-0.2, -0.15) is 0 Å². The van der Waals surface area contributed by atoms with Crippen LogP contribution in [0.3, 0.4) is 0 Å². The van der Waals surface area contributed by atoms with Gasteiger partial charge in [-0.3, -0.25) is 0 Å². The third-order valence-corrected chi connectivity index (χ3v) is 3.57. The van der Waals surface area contributed by atoms with Gasteiger partial charge in [0.15, 0.2) is 0 Å². The minimum atomic E-state index is -2.93. The van der Waals surface area contributed by atoms with Gasteiger partial charge >= 0.3 is 0 Å². The molecule has 92 valence electrons. The van der Waals surface area contributed by atoms with Crippen molar-refractivity contribution in [3.05, 3.63) is 23.0 Å². The fourth-order valence-corrected chi connectivity index (χ4v) is 2.83. The molecular weight excluding hydrogens is 248 g/mol. The number of nitrogens with one attached hydrogen (secondary N) is 1. The Morgan fingerprint density at radius 3 is 2.62 bits per heavy atom. The molecule has 0 aliphatic heterocycles. The van der Waals surface area contributed by atoms with E-state index in [2.05, 4.69) is 5.32 Å².